The summed E-state index contributed by atoms with van der Waals surface area (Å²) in [4.78, 5) is 17.8. The number of hydrogen-bond acceptors (Lipinski definition) is 3. The molecule has 0 spiro atoms. The number of rotatable bonds is 3. The number of aromatic nitrogens is 1. The molecule has 0 bridgehead atoms. The lowest BCUT2D eigenvalue weighted by atomic mass is 10.2. The first-order valence-corrected chi connectivity index (χ1v) is 9.15. The maximum atomic E-state index is 12.0. The molecule has 1 heterocycles. The Bertz CT molecular complexity index is 916. The third-order valence-electron chi connectivity index (χ3n) is 3.20. The van der Waals surface area contributed by atoms with Gasteiger partial charge in [-0.25, -0.2) is 14.7 Å². The summed E-state index contributed by atoms with van der Waals surface area (Å²) in [5, 5.41) is 3.31. The second kappa shape index (κ2) is 7.11. The number of anilines is 2. The predicted molar refractivity (Wildman–Crippen MR) is 103 cm³/mol. The lowest BCUT2D eigenvalue weighted by Crippen LogP contribution is -2.31. The molecular formula is C16H10BrCl2N3OS. The van der Waals surface area contributed by atoms with Crippen molar-refractivity contribution in [2.24, 2.45) is 5.73 Å². The Kier molecular flexibility index (Phi) is 5.10. The van der Waals surface area contributed by atoms with Crippen molar-refractivity contribution in [2.75, 3.05) is 4.90 Å². The molecule has 0 aliphatic carbocycles. The van der Waals surface area contributed by atoms with Gasteiger partial charge in [0.2, 0.25) is 0 Å². The molecule has 3 rings (SSSR count). The second-order valence-corrected chi connectivity index (χ2v) is 7.30. The molecule has 3 aromatic rings. The first-order valence-electron chi connectivity index (χ1n) is 6.72. The summed E-state index contributed by atoms with van der Waals surface area (Å²) in [6.45, 7) is 0. The summed E-state index contributed by atoms with van der Waals surface area (Å²) in [5.74, 6) is 0. The number of halogens is 3. The molecule has 2 aromatic carbocycles. The van der Waals surface area contributed by atoms with Crippen LogP contribution in [0.25, 0.3) is 11.3 Å². The van der Waals surface area contributed by atoms with Crippen LogP contribution in [-0.4, -0.2) is 11.0 Å². The molecule has 0 unspecified atom stereocenters. The fourth-order valence-electron chi connectivity index (χ4n) is 2.14. The molecule has 24 heavy (non-hydrogen) atoms. The molecule has 1 aromatic heterocycles. The molecule has 0 aliphatic heterocycles. The van der Waals surface area contributed by atoms with Crippen LogP contribution in [0.1, 0.15) is 0 Å². The molecule has 4 nitrogen and oxygen atoms in total. The van der Waals surface area contributed by atoms with Crippen molar-refractivity contribution >= 4 is 67.3 Å². The highest BCUT2D eigenvalue weighted by Crippen LogP contribution is 2.37. The van der Waals surface area contributed by atoms with Crippen molar-refractivity contribution in [3.05, 3.63) is 62.4 Å². The van der Waals surface area contributed by atoms with E-state index in [1.807, 2.05) is 23.6 Å². The van der Waals surface area contributed by atoms with E-state index in [9.17, 15) is 4.79 Å². The summed E-state index contributed by atoms with van der Waals surface area (Å²) in [6, 6.07) is 11.8. The van der Waals surface area contributed by atoms with E-state index in [1.54, 1.807) is 24.3 Å². The Labute approximate surface area is 161 Å². The van der Waals surface area contributed by atoms with Crippen molar-refractivity contribution < 1.29 is 4.79 Å². The van der Waals surface area contributed by atoms with E-state index in [-0.39, 0.29) is 0 Å². The zero-order valence-electron chi connectivity index (χ0n) is 12.0. The number of nitrogens with zero attached hydrogens (tertiary/aromatic N) is 2. The lowest BCUT2D eigenvalue weighted by molar-refractivity contribution is 0.256. The number of carbonyl (C=O) groups is 1. The minimum absolute atomic E-state index is 0.454. The highest BCUT2D eigenvalue weighted by molar-refractivity contribution is 9.10. The van der Waals surface area contributed by atoms with Crippen LogP contribution in [0.15, 0.2) is 52.3 Å². The average molecular weight is 443 g/mol. The zero-order chi connectivity index (χ0) is 17.3. The Balaban J connectivity index is 2.04. The van der Waals surface area contributed by atoms with Gasteiger partial charge >= 0.3 is 6.03 Å². The lowest BCUT2D eigenvalue weighted by Gasteiger charge is -2.18. The number of primary amides is 1. The van der Waals surface area contributed by atoms with Crippen LogP contribution in [0, 0.1) is 0 Å². The quantitative estimate of drug-likeness (QED) is 0.532. The average Bonchev–Trinajstić information content (AvgIpc) is 2.98. The number of urea groups is 1. The number of hydrogen-bond donors (Lipinski definition) is 1. The molecule has 0 saturated carbocycles. The first-order chi connectivity index (χ1) is 11.5. The molecule has 0 radical (unpaired) electrons. The van der Waals surface area contributed by atoms with Gasteiger partial charge in [-0.05, 0) is 46.3 Å². The largest absolute Gasteiger partial charge is 0.351 e. The van der Waals surface area contributed by atoms with Gasteiger partial charge in [0.1, 0.15) is 0 Å². The summed E-state index contributed by atoms with van der Waals surface area (Å²) in [7, 11) is 0. The smallest absolute Gasteiger partial charge is 0.325 e. The van der Waals surface area contributed by atoms with Crippen LogP contribution < -0.4 is 10.6 Å². The Hall–Kier alpha value is -1.60. The fraction of sp³-hybridized carbons (Fsp3) is 0. The van der Waals surface area contributed by atoms with Gasteiger partial charge < -0.3 is 5.73 Å². The van der Waals surface area contributed by atoms with E-state index >= 15 is 0 Å². The van der Waals surface area contributed by atoms with Crippen molar-refractivity contribution in [3.63, 3.8) is 0 Å². The van der Waals surface area contributed by atoms with Crippen molar-refractivity contribution in [1.82, 2.24) is 4.98 Å². The number of para-hydroxylation sites is 1. The molecule has 2 N–H and O–H groups in total. The molecule has 0 fully saturated rings. The Morgan fingerprint density at radius 2 is 1.96 bits per heavy atom. The first kappa shape index (κ1) is 17.2. The highest BCUT2D eigenvalue weighted by atomic mass is 79.9. The second-order valence-electron chi connectivity index (χ2n) is 4.76. The van der Waals surface area contributed by atoms with Gasteiger partial charge in [0, 0.05) is 20.4 Å². The fourth-order valence-corrected chi connectivity index (χ4v) is 3.95. The van der Waals surface area contributed by atoms with E-state index in [0.29, 0.717) is 26.6 Å². The molecule has 8 heteroatoms. The van der Waals surface area contributed by atoms with Crippen LogP contribution in [0.5, 0.6) is 0 Å². The molecule has 2 amide bonds. The topological polar surface area (TPSA) is 59.2 Å². The predicted octanol–water partition coefficient (Wildman–Crippen LogP) is 6.10. The van der Waals surface area contributed by atoms with E-state index in [1.165, 1.54) is 16.2 Å². The van der Waals surface area contributed by atoms with Gasteiger partial charge in [-0.2, -0.15) is 0 Å². The van der Waals surface area contributed by atoms with Crippen molar-refractivity contribution in [3.8, 4) is 11.3 Å². The Morgan fingerprint density at radius 1 is 1.21 bits per heavy atom. The maximum absolute atomic E-state index is 12.0. The number of benzene rings is 2. The third-order valence-corrected chi connectivity index (χ3v) is 5.25. The van der Waals surface area contributed by atoms with Crippen LogP contribution in [-0.2, 0) is 0 Å². The normalized spacial score (nSPS) is 10.6. The minimum Gasteiger partial charge on any atom is -0.351 e. The van der Waals surface area contributed by atoms with Gasteiger partial charge in [0.15, 0.2) is 5.13 Å². The summed E-state index contributed by atoms with van der Waals surface area (Å²) in [5.41, 5.74) is 7.56. The molecule has 0 atom stereocenters. The van der Waals surface area contributed by atoms with Crippen LogP contribution in [0.4, 0.5) is 15.6 Å². The molecule has 0 saturated heterocycles. The number of amides is 2. The summed E-state index contributed by atoms with van der Waals surface area (Å²) < 4.78 is 0.741. The molecular weight excluding hydrogens is 433 g/mol. The number of thiazole rings is 1. The van der Waals surface area contributed by atoms with E-state index in [4.69, 9.17) is 28.9 Å². The Morgan fingerprint density at radius 3 is 2.62 bits per heavy atom. The van der Waals surface area contributed by atoms with E-state index in [0.717, 1.165) is 10.0 Å². The molecule has 0 aliphatic rings. The minimum atomic E-state index is -0.620. The van der Waals surface area contributed by atoms with Crippen molar-refractivity contribution in [1.29, 1.82) is 0 Å². The van der Waals surface area contributed by atoms with Gasteiger partial charge in [-0.1, -0.05) is 35.3 Å². The van der Waals surface area contributed by atoms with Gasteiger partial charge in [0.25, 0.3) is 0 Å². The molecule has 122 valence electrons. The van der Waals surface area contributed by atoms with Gasteiger partial charge in [-0.3, -0.25) is 0 Å². The SMILES string of the molecule is NC(=O)N(c1nc(-c2ccc(Cl)cc2Cl)cs1)c1ccccc1Br. The third kappa shape index (κ3) is 3.42. The maximum Gasteiger partial charge on any atom is 0.325 e. The zero-order valence-corrected chi connectivity index (χ0v) is 16.0. The number of carbonyl (C=O) groups excluding carboxylic acids is 1. The van der Waals surface area contributed by atoms with E-state index in [2.05, 4.69) is 20.9 Å². The van der Waals surface area contributed by atoms with Gasteiger partial charge in [0.05, 0.1) is 16.4 Å². The number of nitrogens with two attached hydrogens (primary N) is 1. The van der Waals surface area contributed by atoms with Crippen molar-refractivity contribution in [2.45, 2.75) is 0 Å². The summed E-state index contributed by atoms with van der Waals surface area (Å²) in [6.07, 6.45) is 0. The highest BCUT2D eigenvalue weighted by Gasteiger charge is 2.21. The monoisotopic (exact) mass is 441 g/mol. The van der Waals surface area contributed by atoms with E-state index < -0.39 is 6.03 Å². The van der Waals surface area contributed by atoms with Gasteiger partial charge in [-0.15, -0.1) is 11.3 Å². The van der Waals surface area contributed by atoms with Crippen LogP contribution >= 0.6 is 50.5 Å². The standard InChI is InChI=1S/C16H10BrCl2N3OS/c17-11-3-1-2-4-14(11)22(15(20)23)16-21-13(8-24-16)10-6-5-9(18)7-12(10)19/h1-8H,(H2,20,23). The summed E-state index contributed by atoms with van der Waals surface area (Å²) >= 11 is 16.9. The van der Waals surface area contributed by atoms with Crippen LogP contribution in [0.3, 0.4) is 0 Å². The van der Waals surface area contributed by atoms with Crippen LogP contribution in [0.2, 0.25) is 10.0 Å².